The minimum Gasteiger partial charge on any atom is -0.497 e. The molecular formula is C17H16ClN5O2S. The third-order valence-corrected chi connectivity index (χ3v) is 4.77. The van der Waals surface area contributed by atoms with E-state index in [0.717, 1.165) is 36.1 Å². The van der Waals surface area contributed by atoms with Gasteiger partial charge in [0.15, 0.2) is 5.82 Å². The smallest absolute Gasteiger partial charge is 0.216 e. The van der Waals surface area contributed by atoms with E-state index in [9.17, 15) is 0 Å². The van der Waals surface area contributed by atoms with E-state index in [2.05, 4.69) is 20.3 Å². The fourth-order valence-corrected chi connectivity index (χ4v) is 3.27. The van der Waals surface area contributed by atoms with Crippen LogP contribution in [0.2, 0.25) is 5.15 Å². The Kier molecular flexibility index (Phi) is 4.71. The van der Waals surface area contributed by atoms with Crippen LogP contribution in [0.4, 0.5) is 0 Å². The number of fused-ring (bicyclic) bond motifs is 1. The Morgan fingerprint density at radius 2 is 2.35 bits per heavy atom. The Hall–Kier alpha value is -2.29. The van der Waals surface area contributed by atoms with E-state index in [0.29, 0.717) is 21.3 Å². The number of H-pyrrole nitrogens is 1. The van der Waals surface area contributed by atoms with Crippen molar-refractivity contribution in [2.75, 3.05) is 13.7 Å². The fraction of sp³-hybridized carbons (Fsp3) is 0.294. The Morgan fingerprint density at radius 1 is 1.46 bits per heavy atom. The number of halogens is 1. The highest BCUT2D eigenvalue weighted by Gasteiger charge is 2.23. The first-order valence-corrected chi connectivity index (χ1v) is 8.92. The molecule has 0 spiro atoms. The standard InChI is InChI=1S/C17H16ClN5O2S/c1-24-12-4-5-13-10(8-12)7-11(15(18)20-13)9-19-23-16(21-22-17(23)26)14-3-2-6-25-14/h4-5,7-9,14H,2-3,6H2,1H3,(H,22,26)/b19-9-/t14-/m0/s1. The van der Waals surface area contributed by atoms with Crippen molar-refractivity contribution in [3.63, 3.8) is 0 Å². The molecule has 3 aromatic rings. The summed E-state index contributed by atoms with van der Waals surface area (Å²) in [5.74, 6) is 1.41. The minimum atomic E-state index is -0.102. The molecule has 4 rings (SSSR count). The van der Waals surface area contributed by atoms with Gasteiger partial charge in [-0.1, -0.05) is 11.6 Å². The molecule has 1 atom stereocenters. The van der Waals surface area contributed by atoms with Crippen LogP contribution in [-0.4, -0.2) is 39.8 Å². The van der Waals surface area contributed by atoms with Gasteiger partial charge in [-0.25, -0.2) is 4.98 Å². The molecule has 9 heteroatoms. The average molecular weight is 390 g/mol. The summed E-state index contributed by atoms with van der Waals surface area (Å²) in [6, 6.07) is 7.52. The molecule has 1 aliphatic heterocycles. The van der Waals surface area contributed by atoms with Crippen LogP contribution in [0.3, 0.4) is 0 Å². The SMILES string of the molecule is COc1ccc2nc(Cl)c(/C=N\n3c([C@@H]4CCCO4)n[nH]c3=S)cc2c1. The largest absolute Gasteiger partial charge is 0.497 e. The van der Waals surface area contributed by atoms with Crippen LogP contribution in [0.15, 0.2) is 29.4 Å². The number of aromatic nitrogens is 4. The highest BCUT2D eigenvalue weighted by atomic mass is 35.5. The molecule has 1 saturated heterocycles. The fourth-order valence-electron chi connectivity index (χ4n) is 2.89. The van der Waals surface area contributed by atoms with Crippen LogP contribution in [0.1, 0.15) is 30.3 Å². The van der Waals surface area contributed by atoms with E-state index in [4.69, 9.17) is 33.3 Å². The zero-order valence-corrected chi connectivity index (χ0v) is 15.5. The van der Waals surface area contributed by atoms with Crippen LogP contribution in [0.25, 0.3) is 10.9 Å². The molecule has 3 heterocycles. The van der Waals surface area contributed by atoms with Crippen molar-refractivity contribution in [3.05, 3.63) is 45.6 Å². The molecule has 1 N–H and O–H groups in total. The number of pyridine rings is 1. The van der Waals surface area contributed by atoms with Crippen molar-refractivity contribution in [2.24, 2.45) is 5.10 Å². The molecule has 1 aliphatic rings. The normalized spacial score (nSPS) is 17.4. The maximum Gasteiger partial charge on any atom is 0.216 e. The Balaban J connectivity index is 1.72. The molecule has 0 unspecified atom stereocenters. The van der Waals surface area contributed by atoms with E-state index in [1.165, 1.54) is 0 Å². The van der Waals surface area contributed by atoms with Crippen molar-refractivity contribution < 1.29 is 9.47 Å². The van der Waals surface area contributed by atoms with Crippen molar-refractivity contribution >= 4 is 40.9 Å². The van der Waals surface area contributed by atoms with Gasteiger partial charge in [-0.05, 0) is 49.3 Å². The molecule has 0 aliphatic carbocycles. The minimum absolute atomic E-state index is 0.102. The van der Waals surface area contributed by atoms with Crippen molar-refractivity contribution in [3.8, 4) is 5.75 Å². The molecule has 1 fully saturated rings. The lowest BCUT2D eigenvalue weighted by Crippen LogP contribution is -2.05. The first-order chi connectivity index (χ1) is 12.7. The molecule has 2 aromatic heterocycles. The van der Waals surface area contributed by atoms with Crippen LogP contribution < -0.4 is 4.74 Å². The van der Waals surface area contributed by atoms with E-state index >= 15 is 0 Å². The van der Waals surface area contributed by atoms with Gasteiger partial charge in [0.2, 0.25) is 4.77 Å². The summed E-state index contributed by atoms with van der Waals surface area (Å²) in [6.07, 6.45) is 3.41. The van der Waals surface area contributed by atoms with Gasteiger partial charge in [0.1, 0.15) is 17.0 Å². The third kappa shape index (κ3) is 3.23. The number of hydrogen-bond donors (Lipinski definition) is 1. The number of benzene rings is 1. The van der Waals surface area contributed by atoms with Gasteiger partial charge in [-0.3, -0.25) is 5.10 Å². The second kappa shape index (κ2) is 7.14. The number of ether oxygens (including phenoxy) is 2. The number of rotatable bonds is 4. The quantitative estimate of drug-likeness (QED) is 0.416. The molecule has 134 valence electrons. The van der Waals surface area contributed by atoms with Gasteiger partial charge in [-0.15, -0.1) is 0 Å². The topological polar surface area (TPSA) is 77.3 Å². The van der Waals surface area contributed by atoms with Gasteiger partial charge in [0.05, 0.1) is 18.8 Å². The van der Waals surface area contributed by atoms with Gasteiger partial charge >= 0.3 is 0 Å². The summed E-state index contributed by atoms with van der Waals surface area (Å²) >= 11 is 11.6. The monoisotopic (exact) mass is 389 g/mol. The number of aromatic amines is 1. The summed E-state index contributed by atoms with van der Waals surface area (Å²) < 4.78 is 12.9. The summed E-state index contributed by atoms with van der Waals surface area (Å²) in [5.41, 5.74) is 1.46. The molecule has 0 bridgehead atoms. The van der Waals surface area contributed by atoms with Gasteiger partial charge in [0, 0.05) is 17.6 Å². The van der Waals surface area contributed by atoms with Crippen molar-refractivity contribution in [2.45, 2.75) is 18.9 Å². The van der Waals surface area contributed by atoms with Crippen LogP contribution in [0, 0.1) is 4.77 Å². The molecule has 0 radical (unpaired) electrons. The number of hydrogen-bond acceptors (Lipinski definition) is 6. The zero-order valence-electron chi connectivity index (χ0n) is 14.0. The van der Waals surface area contributed by atoms with Crippen LogP contribution in [-0.2, 0) is 4.74 Å². The lowest BCUT2D eigenvalue weighted by atomic mass is 10.1. The molecular weight excluding hydrogens is 374 g/mol. The number of nitrogens with one attached hydrogen (secondary N) is 1. The zero-order chi connectivity index (χ0) is 18.1. The van der Waals surface area contributed by atoms with Crippen molar-refractivity contribution in [1.82, 2.24) is 19.9 Å². The summed E-state index contributed by atoms with van der Waals surface area (Å²) in [7, 11) is 1.63. The molecule has 0 saturated carbocycles. The van der Waals surface area contributed by atoms with E-state index < -0.39 is 0 Å². The Morgan fingerprint density at radius 3 is 3.12 bits per heavy atom. The van der Waals surface area contributed by atoms with Gasteiger partial charge < -0.3 is 9.47 Å². The molecule has 0 amide bonds. The van der Waals surface area contributed by atoms with Crippen molar-refractivity contribution in [1.29, 1.82) is 0 Å². The summed E-state index contributed by atoms with van der Waals surface area (Å²) in [5, 5.41) is 12.7. The van der Waals surface area contributed by atoms with E-state index in [1.54, 1.807) is 18.0 Å². The highest BCUT2D eigenvalue weighted by molar-refractivity contribution is 7.71. The van der Waals surface area contributed by atoms with Crippen LogP contribution >= 0.6 is 23.8 Å². The molecule has 26 heavy (non-hydrogen) atoms. The second-order valence-electron chi connectivity index (χ2n) is 5.87. The second-order valence-corrected chi connectivity index (χ2v) is 6.62. The first-order valence-electron chi connectivity index (χ1n) is 8.13. The summed E-state index contributed by atoms with van der Waals surface area (Å²) in [4.78, 5) is 4.41. The molecule has 7 nitrogen and oxygen atoms in total. The lowest BCUT2D eigenvalue weighted by molar-refractivity contribution is 0.102. The van der Waals surface area contributed by atoms with Gasteiger partial charge in [0.25, 0.3) is 0 Å². The average Bonchev–Trinajstić information content (AvgIpc) is 3.29. The molecule has 1 aromatic carbocycles. The van der Waals surface area contributed by atoms with E-state index in [-0.39, 0.29) is 6.10 Å². The Labute approximate surface area is 159 Å². The van der Waals surface area contributed by atoms with Crippen LogP contribution in [0.5, 0.6) is 5.75 Å². The number of nitrogens with zero attached hydrogens (tertiary/aromatic N) is 4. The predicted octanol–water partition coefficient (Wildman–Crippen LogP) is 3.88. The Bertz CT molecular complexity index is 1040. The number of methoxy groups -OCH3 is 1. The maximum absolute atomic E-state index is 6.31. The van der Waals surface area contributed by atoms with Gasteiger partial charge in [-0.2, -0.15) is 14.9 Å². The highest BCUT2D eigenvalue weighted by Crippen LogP contribution is 2.27. The predicted molar refractivity (Wildman–Crippen MR) is 102 cm³/mol. The van der Waals surface area contributed by atoms with E-state index in [1.807, 2.05) is 24.3 Å². The lowest BCUT2D eigenvalue weighted by Gasteiger charge is -2.08. The summed E-state index contributed by atoms with van der Waals surface area (Å²) in [6.45, 7) is 0.719. The first kappa shape index (κ1) is 17.1. The maximum atomic E-state index is 6.31. The third-order valence-electron chi connectivity index (χ3n) is 4.21.